The summed E-state index contributed by atoms with van der Waals surface area (Å²) in [6.07, 6.45) is 2.92. The lowest BCUT2D eigenvalue weighted by atomic mass is 9.96. The zero-order chi connectivity index (χ0) is 16.8. The number of carbonyl (C=O) groups excluding carboxylic acids is 1. The van der Waals surface area contributed by atoms with Crippen LogP contribution < -0.4 is 10.6 Å². The van der Waals surface area contributed by atoms with E-state index in [2.05, 4.69) is 15.6 Å². The SMILES string of the molecule is Cc1ncc2c(c1CNC(=O)COCc1ccccc1)CCNC2. The minimum absolute atomic E-state index is 0.0674. The topological polar surface area (TPSA) is 63.2 Å². The van der Waals surface area contributed by atoms with Crippen molar-refractivity contribution in [2.24, 2.45) is 0 Å². The van der Waals surface area contributed by atoms with E-state index >= 15 is 0 Å². The van der Waals surface area contributed by atoms with E-state index in [9.17, 15) is 4.79 Å². The second-order valence-electron chi connectivity index (χ2n) is 6.01. The maximum Gasteiger partial charge on any atom is 0.246 e. The predicted molar refractivity (Wildman–Crippen MR) is 92.3 cm³/mol. The van der Waals surface area contributed by atoms with Gasteiger partial charge in [0.25, 0.3) is 0 Å². The van der Waals surface area contributed by atoms with E-state index in [0.29, 0.717) is 13.2 Å². The minimum Gasteiger partial charge on any atom is -0.367 e. The third-order valence-electron chi connectivity index (χ3n) is 4.28. The van der Waals surface area contributed by atoms with E-state index in [1.807, 2.05) is 43.5 Å². The smallest absolute Gasteiger partial charge is 0.246 e. The molecule has 1 aliphatic heterocycles. The summed E-state index contributed by atoms with van der Waals surface area (Å²) in [7, 11) is 0. The molecular weight excluding hydrogens is 302 g/mol. The van der Waals surface area contributed by atoms with E-state index in [1.165, 1.54) is 11.1 Å². The lowest BCUT2D eigenvalue weighted by Crippen LogP contribution is -2.30. The Morgan fingerprint density at radius 3 is 3.00 bits per heavy atom. The molecule has 5 nitrogen and oxygen atoms in total. The highest BCUT2D eigenvalue weighted by Crippen LogP contribution is 2.20. The Labute approximate surface area is 142 Å². The van der Waals surface area contributed by atoms with Crippen LogP contribution >= 0.6 is 0 Å². The summed E-state index contributed by atoms with van der Waals surface area (Å²) in [5.41, 5.74) is 5.75. The van der Waals surface area contributed by atoms with Crippen molar-refractivity contribution >= 4 is 5.91 Å². The van der Waals surface area contributed by atoms with Crippen molar-refractivity contribution in [2.75, 3.05) is 13.2 Å². The van der Waals surface area contributed by atoms with Crippen LogP contribution in [-0.2, 0) is 35.6 Å². The van der Waals surface area contributed by atoms with Gasteiger partial charge < -0.3 is 15.4 Å². The van der Waals surface area contributed by atoms with Gasteiger partial charge in [-0.2, -0.15) is 0 Å². The molecule has 5 heteroatoms. The van der Waals surface area contributed by atoms with Crippen molar-refractivity contribution in [1.82, 2.24) is 15.6 Å². The molecule has 0 spiro atoms. The quantitative estimate of drug-likeness (QED) is 0.851. The van der Waals surface area contributed by atoms with Gasteiger partial charge in [0.2, 0.25) is 5.91 Å². The molecule has 24 heavy (non-hydrogen) atoms. The highest BCUT2D eigenvalue weighted by molar-refractivity contribution is 5.77. The Hall–Kier alpha value is -2.24. The summed E-state index contributed by atoms with van der Waals surface area (Å²) in [5, 5.41) is 6.30. The van der Waals surface area contributed by atoms with Gasteiger partial charge in [-0.25, -0.2) is 0 Å². The minimum atomic E-state index is -0.100. The first-order valence-electron chi connectivity index (χ1n) is 8.29. The average molecular weight is 325 g/mol. The molecule has 0 aliphatic carbocycles. The number of hydrogen-bond donors (Lipinski definition) is 2. The Morgan fingerprint density at radius 1 is 1.33 bits per heavy atom. The second kappa shape index (κ2) is 8.04. The molecule has 1 amide bonds. The van der Waals surface area contributed by atoms with Crippen molar-refractivity contribution < 1.29 is 9.53 Å². The number of hydrogen-bond acceptors (Lipinski definition) is 4. The van der Waals surface area contributed by atoms with Gasteiger partial charge in [-0.15, -0.1) is 0 Å². The molecule has 2 heterocycles. The van der Waals surface area contributed by atoms with Crippen molar-refractivity contribution in [3.05, 3.63) is 64.5 Å². The molecule has 1 aromatic carbocycles. The molecule has 2 N–H and O–H groups in total. The van der Waals surface area contributed by atoms with Gasteiger partial charge in [-0.05, 0) is 42.1 Å². The van der Waals surface area contributed by atoms with Crippen molar-refractivity contribution in [1.29, 1.82) is 0 Å². The second-order valence-corrected chi connectivity index (χ2v) is 6.01. The Morgan fingerprint density at radius 2 is 2.17 bits per heavy atom. The molecule has 126 valence electrons. The number of amides is 1. The van der Waals surface area contributed by atoms with Gasteiger partial charge in [0.1, 0.15) is 6.61 Å². The standard InChI is InChI=1S/C19H23N3O2/c1-14-18(17-7-8-20-9-16(17)10-21-14)11-22-19(23)13-24-12-15-5-3-2-4-6-15/h2-6,10,20H,7-9,11-13H2,1H3,(H,22,23). The highest BCUT2D eigenvalue weighted by atomic mass is 16.5. The highest BCUT2D eigenvalue weighted by Gasteiger charge is 2.16. The molecule has 3 rings (SSSR count). The van der Waals surface area contributed by atoms with Crippen LogP contribution in [0.15, 0.2) is 36.5 Å². The number of fused-ring (bicyclic) bond motifs is 1. The molecule has 0 bridgehead atoms. The lowest BCUT2D eigenvalue weighted by Gasteiger charge is -2.21. The fourth-order valence-electron chi connectivity index (χ4n) is 2.95. The third kappa shape index (κ3) is 4.19. The molecular formula is C19H23N3O2. The van der Waals surface area contributed by atoms with Crippen LogP contribution in [0.5, 0.6) is 0 Å². The molecule has 2 aromatic rings. The zero-order valence-electron chi connectivity index (χ0n) is 14.0. The van der Waals surface area contributed by atoms with E-state index in [-0.39, 0.29) is 12.5 Å². The van der Waals surface area contributed by atoms with Gasteiger partial charge >= 0.3 is 0 Å². The van der Waals surface area contributed by atoms with Crippen molar-refractivity contribution in [3.63, 3.8) is 0 Å². The van der Waals surface area contributed by atoms with E-state index in [1.54, 1.807) is 0 Å². The monoisotopic (exact) mass is 325 g/mol. The first-order chi connectivity index (χ1) is 11.7. The molecule has 0 fully saturated rings. The number of aryl methyl sites for hydroxylation is 1. The molecule has 0 atom stereocenters. The van der Waals surface area contributed by atoms with Crippen LogP contribution in [-0.4, -0.2) is 24.0 Å². The Bertz CT molecular complexity index is 701. The number of carbonyl (C=O) groups is 1. The molecule has 1 aromatic heterocycles. The van der Waals surface area contributed by atoms with Crippen LogP contribution in [0.3, 0.4) is 0 Å². The fraction of sp³-hybridized carbons (Fsp3) is 0.368. The van der Waals surface area contributed by atoms with E-state index < -0.39 is 0 Å². The van der Waals surface area contributed by atoms with Crippen molar-refractivity contribution in [2.45, 2.75) is 33.0 Å². The number of benzene rings is 1. The summed E-state index contributed by atoms with van der Waals surface area (Å²) in [6.45, 7) is 4.84. The maximum atomic E-state index is 12.0. The number of aromatic nitrogens is 1. The molecule has 0 saturated heterocycles. The molecule has 0 saturated carbocycles. The molecule has 0 radical (unpaired) electrons. The Balaban J connectivity index is 1.51. The fourth-order valence-corrected chi connectivity index (χ4v) is 2.95. The summed E-state index contributed by atoms with van der Waals surface area (Å²) in [5.74, 6) is -0.100. The summed E-state index contributed by atoms with van der Waals surface area (Å²) < 4.78 is 5.48. The largest absolute Gasteiger partial charge is 0.367 e. The third-order valence-corrected chi connectivity index (χ3v) is 4.28. The predicted octanol–water partition coefficient (Wildman–Crippen LogP) is 1.87. The van der Waals surface area contributed by atoms with E-state index in [0.717, 1.165) is 36.3 Å². The van der Waals surface area contributed by atoms with Crippen LogP contribution in [0.1, 0.15) is 27.9 Å². The van der Waals surface area contributed by atoms with Gasteiger partial charge in [0.05, 0.1) is 6.61 Å². The first-order valence-corrected chi connectivity index (χ1v) is 8.29. The van der Waals surface area contributed by atoms with Crippen LogP contribution in [0, 0.1) is 6.92 Å². The van der Waals surface area contributed by atoms with E-state index in [4.69, 9.17) is 4.74 Å². The molecule has 1 aliphatic rings. The number of nitrogens with zero attached hydrogens (tertiary/aromatic N) is 1. The van der Waals surface area contributed by atoms with Gasteiger partial charge in [-0.1, -0.05) is 30.3 Å². The van der Waals surface area contributed by atoms with Crippen LogP contribution in [0.4, 0.5) is 0 Å². The summed E-state index contributed by atoms with van der Waals surface area (Å²) in [6, 6.07) is 9.85. The number of ether oxygens (including phenoxy) is 1. The van der Waals surface area contributed by atoms with Gasteiger partial charge in [-0.3, -0.25) is 9.78 Å². The van der Waals surface area contributed by atoms with Crippen LogP contribution in [0.25, 0.3) is 0 Å². The van der Waals surface area contributed by atoms with Gasteiger partial charge in [0.15, 0.2) is 0 Å². The number of rotatable bonds is 6. The number of pyridine rings is 1. The normalized spacial score (nSPS) is 13.4. The first kappa shape index (κ1) is 16.6. The average Bonchev–Trinajstić information content (AvgIpc) is 2.62. The maximum absolute atomic E-state index is 12.0. The zero-order valence-corrected chi connectivity index (χ0v) is 14.0. The van der Waals surface area contributed by atoms with Gasteiger partial charge in [0, 0.05) is 25.0 Å². The number of nitrogens with one attached hydrogen (secondary N) is 2. The van der Waals surface area contributed by atoms with Crippen molar-refractivity contribution in [3.8, 4) is 0 Å². The van der Waals surface area contributed by atoms with Crippen LogP contribution in [0.2, 0.25) is 0 Å². The lowest BCUT2D eigenvalue weighted by molar-refractivity contribution is -0.126. The molecule has 0 unspecified atom stereocenters. The summed E-state index contributed by atoms with van der Waals surface area (Å²) >= 11 is 0. The summed E-state index contributed by atoms with van der Waals surface area (Å²) in [4.78, 5) is 16.5. The Kier molecular flexibility index (Phi) is 5.56.